The molecular formula is C35H31NO2. The summed E-state index contributed by atoms with van der Waals surface area (Å²) in [4.78, 5) is 2.26. The molecule has 188 valence electrons. The molecular weight excluding hydrogens is 466 g/mol. The molecule has 3 heteroatoms. The maximum Gasteiger partial charge on any atom is 0.197 e. The van der Waals surface area contributed by atoms with Crippen molar-refractivity contribution < 1.29 is 9.84 Å². The maximum atomic E-state index is 9.83. The summed E-state index contributed by atoms with van der Waals surface area (Å²) in [7, 11) is 0. The summed E-state index contributed by atoms with van der Waals surface area (Å²) in [5, 5.41) is 9.83. The van der Waals surface area contributed by atoms with Crippen LogP contribution in [0.2, 0.25) is 0 Å². The van der Waals surface area contributed by atoms with Gasteiger partial charge in [0.1, 0.15) is 5.75 Å². The third-order valence-electron chi connectivity index (χ3n) is 6.36. The Kier molecular flexibility index (Phi) is 7.98. The minimum Gasteiger partial charge on any atom is -0.465 e. The summed E-state index contributed by atoms with van der Waals surface area (Å²) >= 11 is 0. The standard InChI is InChI=1S/C35H31NO2/c1-2-35(37)38-33-24-20-29(21-25-33)34(28-12-6-3-7-13-28)26-27-18-22-32(23-19-27)36(30-14-8-4-9-15-30)31-16-10-5-11-17-31/h3-26,35,37H,2H2,1H3. The number of benzene rings is 5. The van der Waals surface area contributed by atoms with Crippen molar-refractivity contribution in [3.8, 4) is 5.75 Å². The molecule has 0 fully saturated rings. The Morgan fingerprint density at radius 3 is 1.63 bits per heavy atom. The first kappa shape index (κ1) is 25.1. The topological polar surface area (TPSA) is 32.7 Å². The van der Waals surface area contributed by atoms with Gasteiger partial charge in [-0.05, 0) is 76.9 Å². The van der Waals surface area contributed by atoms with E-state index in [-0.39, 0.29) is 0 Å². The number of para-hydroxylation sites is 2. The van der Waals surface area contributed by atoms with Crippen LogP contribution in [-0.4, -0.2) is 11.4 Å². The van der Waals surface area contributed by atoms with Gasteiger partial charge in [-0.2, -0.15) is 0 Å². The van der Waals surface area contributed by atoms with Crippen molar-refractivity contribution in [2.45, 2.75) is 19.6 Å². The number of hydrogen-bond donors (Lipinski definition) is 1. The van der Waals surface area contributed by atoms with Crippen LogP contribution in [0.1, 0.15) is 30.0 Å². The first-order chi connectivity index (χ1) is 18.7. The Morgan fingerprint density at radius 1 is 0.632 bits per heavy atom. The maximum absolute atomic E-state index is 9.83. The van der Waals surface area contributed by atoms with Crippen molar-refractivity contribution in [2.75, 3.05) is 4.90 Å². The molecule has 0 spiro atoms. The number of nitrogens with zero attached hydrogens (tertiary/aromatic N) is 1. The highest BCUT2D eigenvalue weighted by Gasteiger charge is 2.12. The van der Waals surface area contributed by atoms with Gasteiger partial charge in [0.15, 0.2) is 6.29 Å². The minimum atomic E-state index is -0.796. The third-order valence-corrected chi connectivity index (χ3v) is 6.36. The Labute approximate surface area is 224 Å². The summed E-state index contributed by atoms with van der Waals surface area (Å²) in [6, 6.07) is 47.8. The van der Waals surface area contributed by atoms with Gasteiger partial charge in [-0.15, -0.1) is 0 Å². The fourth-order valence-corrected chi connectivity index (χ4v) is 4.39. The third kappa shape index (κ3) is 6.03. The first-order valence-electron chi connectivity index (χ1n) is 12.9. The van der Waals surface area contributed by atoms with E-state index in [1.807, 2.05) is 49.4 Å². The van der Waals surface area contributed by atoms with Crippen molar-refractivity contribution in [1.82, 2.24) is 0 Å². The largest absolute Gasteiger partial charge is 0.465 e. The summed E-state index contributed by atoms with van der Waals surface area (Å²) < 4.78 is 5.56. The van der Waals surface area contributed by atoms with Crippen LogP contribution in [0.25, 0.3) is 11.6 Å². The average molecular weight is 498 g/mol. The van der Waals surface area contributed by atoms with Crippen LogP contribution >= 0.6 is 0 Å². The molecule has 0 aromatic heterocycles. The number of hydrogen-bond acceptors (Lipinski definition) is 3. The van der Waals surface area contributed by atoms with Crippen molar-refractivity contribution in [3.05, 3.63) is 156 Å². The fraction of sp³-hybridized carbons (Fsp3) is 0.0857. The molecule has 1 atom stereocenters. The highest BCUT2D eigenvalue weighted by molar-refractivity contribution is 5.92. The van der Waals surface area contributed by atoms with Crippen molar-refractivity contribution in [1.29, 1.82) is 0 Å². The second kappa shape index (κ2) is 12.1. The van der Waals surface area contributed by atoms with Crippen LogP contribution in [0, 0.1) is 0 Å². The van der Waals surface area contributed by atoms with E-state index in [0.29, 0.717) is 12.2 Å². The zero-order chi connectivity index (χ0) is 26.2. The number of aliphatic hydroxyl groups is 1. The molecule has 0 aliphatic carbocycles. The lowest BCUT2D eigenvalue weighted by atomic mass is 9.95. The molecule has 5 rings (SSSR count). The molecule has 0 heterocycles. The van der Waals surface area contributed by atoms with Gasteiger partial charge in [-0.1, -0.05) is 97.9 Å². The summed E-state index contributed by atoms with van der Waals surface area (Å²) in [6.07, 6.45) is 1.96. The molecule has 5 aromatic rings. The Hall–Kier alpha value is -4.60. The number of aliphatic hydroxyl groups excluding tert-OH is 1. The lowest BCUT2D eigenvalue weighted by Crippen LogP contribution is -2.13. The molecule has 0 saturated carbocycles. The van der Waals surface area contributed by atoms with E-state index in [1.165, 1.54) is 0 Å². The summed E-state index contributed by atoms with van der Waals surface area (Å²) in [5.41, 5.74) is 7.75. The molecule has 0 radical (unpaired) electrons. The quantitative estimate of drug-likeness (QED) is 0.163. The van der Waals surface area contributed by atoms with E-state index in [9.17, 15) is 5.11 Å². The average Bonchev–Trinajstić information content (AvgIpc) is 2.99. The molecule has 0 aliphatic heterocycles. The highest BCUT2D eigenvalue weighted by atomic mass is 16.6. The van der Waals surface area contributed by atoms with Crippen LogP contribution in [0.15, 0.2) is 140 Å². The molecule has 3 nitrogen and oxygen atoms in total. The van der Waals surface area contributed by atoms with Crippen LogP contribution in [0.4, 0.5) is 17.1 Å². The molecule has 38 heavy (non-hydrogen) atoms. The van der Waals surface area contributed by atoms with Gasteiger partial charge in [0.25, 0.3) is 0 Å². The summed E-state index contributed by atoms with van der Waals surface area (Å²) in [5.74, 6) is 0.654. The zero-order valence-corrected chi connectivity index (χ0v) is 21.4. The van der Waals surface area contributed by atoms with Crippen LogP contribution in [-0.2, 0) is 0 Å². The van der Waals surface area contributed by atoms with Gasteiger partial charge >= 0.3 is 0 Å². The number of anilines is 3. The van der Waals surface area contributed by atoms with Gasteiger partial charge in [-0.25, -0.2) is 0 Å². The predicted molar refractivity (Wildman–Crippen MR) is 158 cm³/mol. The Balaban J connectivity index is 1.49. The zero-order valence-electron chi connectivity index (χ0n) is 21.4. The number of rotatable bonds is 9. The van der Waals surface area contributed by atoms with Crippen LogP contribution < -0.4 is 9.64 Å². The molecule has 0 aliphatic rings. The Bertz CT molecular complexity index is 1410. The molecule has 0 bridgehead atoms. The molecule has 0 amide bonds. The van der Waals surface area contributed by atoms with Gasteiger partial charge in [0.2, 0.25) is 0 Å². The molecule has 1 unspecified atom stereocenters. The first-order valence-corrected chi connectivity index (χ1v) is 12.9. The number of ether oxygens (including phenoxy) is 1. The van der Waals surface area contributed by atoms with E-state index in [1.54, 1.807) is 0 Å². The lowest BCUT2D eigenvalue weighted by Gasteiger charge is -2.25. The molecule has 1 N–H and O–H groups in total. The SMILES string of the molecule is CCC(O)Oc1ccc(C(=Cc2ccc(N(c3ccccc3)c3ccccc3)cc2)c2ccccc2)cc1. The second-order valence-corrected chi connectivity index (χ2v) is 9.03. The van der Waals surface area contributed by atoms with Crippen molar-refractivity contribution in [2.24, 2.45) is 0 Å². The smallest absolute Gasteiger partial charge is 0.197 e. The van der Waals surface area contributed by atoms with E-state index in [0.717, 1.165) is 39.3 Å². The van der Waals surface area contributed by atoms with Gasteiger partial charge in [-0.3, -0.25) is 0 Å². The van der Waals surface area contributed by atoms with Gasteiger partial charge in [0, 0.05) is 23.5 Å². The van der Waals surface area contributed by atoms with Crippen LogP contribution in [0.3, 0.4) is 0 Å². The van der Waals surface area contributed by atoms with Crippen LogP contribution in [0.5, 0.6) is 5.75 Å². The lowest BCUT2D eigenvalue weighted by molar-refractivity contribution is -0.0191. The highest BCUT2D eigenvalue weighted by Crippen LogP contribution is 2.35. The molecule has 5 aromatic carbocycles. The summed E-state index contributed by atoms with van der Waals surface area (Å²) in [6.45, 7) is 1.89. The van der Waals surface area contributed by atoms with E-state index < -0.39 is 6.29 Å². The van der Waals surface area contributed by atoms with Crippen molar-refractivity contribution in [3.63, 3.8) is 0 Å². The van der Waals surface area contributed by atoms with E-state index in [4.69, 9.17) is 4.74 Å². The van der Waals surface area contributed by atoms with Gasteiger partial charge < -0.3 is 14.7 Å². The normalized spacial score (nSPS) is 12.1. The Morgan fingerprint density at radius 2 is 1.11 bits per heavy atom. The monoisotopic (exact) mass is 497 g/mol. The van der Waals surface area contributed by atoms with Crippen molar-refractivity contribution >= 4 is 28.7 Å². The van der Waals surface area contributed by atoms with Gasteiger partial charge in [0.05, 0.1) is 0 Å². The predicted octanol–water partition coefficient (Wildman–Crippen LogP) is 8.85. The van der Waals surface area contributed by atoms with E-state index in [2.05, 4.69) is 108 Å². The fourth-order valence-electron chi connectivity index (χ4n) is 4.39. The minimum absolute atomic E-state index is 0.541. The molecule has 0 saturated heterocycles. The van der Waals surface area contributed by atoms with E-state index >= 15 is 0 Å². The second-order valence-electron chi connectivity index (χ2n) is 9.03.